The zero-order valence-corrected chi connectivity index (χ0v) is 10.2. The highest BCUT2D eigenvalue weighted by Crippen LogP contribution is 2.20. The van der Waals surface area contributed by atoms with Crippen LogP contribution < -0.4 is 5.73 Å². The van der Waals surface area contributed by atoms with Crippen molar-refractivity contribution in [3.05, 3.63) is 35.4 Å². The molecule has 0 fully saturated rings. The Morgan fingerprint density at radius 2 is 1.93 bits per heavy atom. The average Bonchev–Trinajstić information content (AvgIpc) is 2.27. The summed E-state index contributed by atoms with van der Waals surface area (Å²) >= 11 is 0. The number of nitrogens with two attached hydrogens (primary N) is 1. The molecule has 2 N–H and O–H groups in total. The molecule has 0 aliphatic heterocycles. The molecule has 0 aliphatic rings. The summed E-state index contributed by atoms with van der Waals surface area (Å²) in [6.45, 7) is 7.52. The van der Waals surface area contributed by atoms with Crippen LogP contribution in [-0.4, -0.2) is 6.54 Å². The van der Waals surface area contributed by atoms with Crippen molar-refractivity contribution in [3.8, 4) is 0 Å². The monoisotopic (exact) mass is 205 g/mol. The Balaban J connectivity index is 2.71. The third-order valence-corrected chi connectivity index (χ3v) is 3.49. The molecule has 0 spiro atoms. The molecule has 0 aromatic heterocycles. The normalized spacial score (nSPS) is 14.9. The first kappa shape index (κ1) is 12.3. The van der Waals surface area contributed by atoms with Crippen LogP contribution in [0, 0.1) is 18.8 Å². The molecule has 1 aromatic carbocycles. The lowest BCUT2D eigenvalue weighted by atomic mass is 9.85. The fourth-order valence-corrected chi connectivity index (χ4v) is 1.97. The minimum atomic E-state index is 0.621. The minimum absolute atomic E-state index is 0.621. The molecule has 0 amide bonds. The van der Waals surface area contributed by atoms with Gasteiger partial charge in [-0.15, -0.1) is 0 Å². The molecule has 0 radical (unpaired) electrons. The van der Waals surface area contributed by atoms with E-state index >= 15 is 0 Å². The van der Waals surface area contributed by atoms with Crippen LogP contribution in [0.15, 0.2) is 24.3 Å². The lowest BCUT2D eigenvalue weighted by Crippen LogP contribution is -2.23. The van der Waals surface area contributed by atoms with Crippen LogP contribution in [0.25, 0.3) is 0 Å². The Morgan fingerprint density at radius 3 is 2.47 bits per heavy atom. The molecule has 0 aliphatic carbocycles. The van der Waals surface area contributed by atoms with Crippen molar-refractivity contribution in [2.24, 2.45) is 17.6 Å². The van der Waals surface area contributed by atoms with E-state index in [1.165, 1.54) is 17.5 Å². The smallest absolute Gasteiger partial charge is 0.00431 e. The van der Waals surface area contributed by atoms with E-state index in [-0.39, 0.29) is 0 Å². The molecule has 0 heterocycles. The summed E-state index contributed by atoms with van der Waals surface area (Å²) in [7, 11) is 0. The summed E-state index contributed by atoms with van der Waals surface area (Å²) in [5, 5.41) is 0. The van der Waals surface area contributed by atoms with Crippen LogP contribution >= 0.6 is 0 Å². The van der Waals surface area contributed by atoms with E-state index in [0.29, 0.717) is 5.92 Å². The maximum absolute atomic E-state index is 5.85. The van der Waals surface area contributed by atoms with Gasteiger partial charge < -0.3 is 5.73 Å². The van der Waals surface area contributed by atoms with Crippen molar-refractivity contribution in [2.75, 3.05) is 6.54 Å². The van der Waals surface area contributed by atoms with Gasteiger partial charge >= 0.3 is 0 Å². The van der Waals surface area contributed by atoms with Gasteiger partial charge in [-0.05, 0) is 42.9 Å². The van der Waals surface area contributed by atoms with Gasteiger partial charge in [0, 0.05) is 0 Å². The molecule has 1 heteroatoms. The highest BCUT2D eigenvalue weighted by Gasteiger charge is 2.15. The Labute approximate surface area is 93.7 Å². The zero-order chi connectivity index (χ0) is 11.3. The van der Waals surface area contributed by atoms with Crippen LogP contribution in [0.1, 0.15) is 31.4 Å². The van der Waals surface area contributed by atoms with Crippen LogP contribution in [0.2, 0.25) is 0 Å². The second-order valence-corrected chi connectivity index (χ2v) is 4.51. The number of benzene rings is 1. The van der Waals surface area contributed by atoms with E-state index < -0.39 is 0 Å². The van der Waals surface area contributed by atoms with Crippen molar-refractivity contribution in [1.29, 1.82) is 0 Å². The lowest BCUT2D eigenvalue weighted by molar-refractivity contribution is 0.354. The molecule has 0 saturated carbocycles. The van der Waals surface area contributed by atoms with Crippen molar-refractivity contribution < 1.29 is 0 Å². The summed E-state index contributed by atoms with van der Waals surface area (Å²) in [5.41, 5.74) is 8.69. The van der Waals surface area contributed by atoms with Crippen molar-refractivity contribution in [1.82, 2.24) is 0 Å². The van der Waals surface area contributed by atoms with Gasteiger partial charge in [-0.3, -0.25) is 0 Å². The molecule has 1 nitrogen and oxygen atoms in total. The topological polar surface area (TPSA) is 26.0 Å². The predicted molar refractivity (Wildman–Crippen MR) is 66.9 cm³/mol. The lowest BCUT2D eigenvalue weighted by Gasteiger charge is -2.22. The molecule has 0 bridgehead atoms. The van der Waals surface area contributed by atoms with Crippen molar-refractivity contribution >= 4 is 0 Å². The largest absolute Gasteiger partial charge is 0.330 e. The van der Waals surface area contributed by atoms with E-state index in [2.05, 4.69) is 45.0 Å². The number of hydrogen-bond acceptors (Lipinski definition) is 1. The van der Waals surface area contributed by atoms with Gasteiger partial charge in [-0.2, -0.15) is 0 Å². The minimum Gasteiger partial charge on any atom is -0.330 e. The van der Waals surface area contributed by atoms with Crippen LogP contribution in [0.5, 0.6) is 0 Å². The third kappa shape index (κ3) is 3.35. The number of aryl methyl sites for hydroxylation is 1. The number of hydrogen-bond donors (Lipinski definition) is 1. The van der Waals surface area contributed by atoms with Gasteiger partial charge in [0.2, 0.25) is 0 Å². The average molecular weight is 205 g/mol. The van der Waals surface area contributed by atoms with Crippen molar-refractivity contribution in [3.63, 3.8) is 0 Å². The van der Waals surface area contributed by atoms with Gasteiger partial charge in [-0.25, -0.2) is 0 Å². The molecular weight excluding hydrogens is 182 g/mol. The molecule has 2 atom stereocenters. The molecular formula is C14H23N. The van der Waals surface area contributed by atoms with Gasteiger partial charge in [0.25, 0.3) is 0 Å². The van der Waals surface area contributed by atoms with E-state index in [1.807, 2.05) is 0 Å². The standard InChI is InChI=1S/C14H23N/c1-4-11(2)14(10-15)9-13-8-6-5-7-12(13)3/h5-8,11,14H,4,9-10,15H2,1-3H3. The highest BCUT2D eigenvalue weighted by molar-refractivity contribution is 5.26. The van der Waals surface area contributed by atoms with Crippen molar-refractivity contribution in [2.45, 2.75) is 33.6 Å². The molecule has 84 valence electrons. The van der Waals surface area contributed by atoms with E-state index in [1.54, 1.807) is 0 Å². The van der Waals surface area contributed by atoms with Gasteiger partial charge in [0.05, 0.1) is 0 Å². The quantitative estimate of drug-likeness (QED) is 0.785. The first-order valence-electron chi connectivity index (χ1n) is 5.93. The Morgan fingerprint density at radius 1 is 1.27 bits per heavy atom. The summed E-state index contributed by atoms with van der Waals surface area (Å²) < 4.78 is 0. The summed E-state index contributed by atoms with van der Waals surface area (Å²) in [6, 6.07) is 8.62. The SMILES string of the molecule is CCC(C)C(CN)Cc1ccccc1C. The van der Waals surface area contributed by atoms with Gasteiger partial charge in [-0.1, -0.05) is 44.5 Å². The first-order valence-corrected chi connectivity index (χ1v) is 5.93. The molecule has 0 saturated heterocycles. The molecule has 2 unspecified atom stereocenters. The summed E-state index contributed by atoms with van der Waals surface area (Å²) in [4.78, 5) is 0. The first-order chi connectivity index (χ1) is 7.19. The predicted octanol–water partition coefficient (Wildman–Crippen LogP) is 3.16. The van der Waals surface area contributed by atoms with E-state index in [4.69, 9.17) is 5.73 Å². The third-order valence-electron chi connectivity index (χ3n) is 3.49. The maximum atomic E-state index is 5.85. The fraction of sp³-hybridized carbons (Fsp3) is 0.571. The highest BCUT2D eigenvalue weighted by atomic mass is 14.6. The van der Waals surface area contributed by atoms with Gasteiger partial charge in [0.1, 0.15) is 0 Å². The van der Waals surface area contributed by atoms with E-state index in [9.17, 15) is 0 Å². The van der Waals surface area contributed by atoms with Crippen LogP contribution in [0.3, 0.4) is 0 Å². The second kappa shape index (κ2) is 5.92. The molecule has 1 rings (SSSR count). The molecule has 1 aromatic rings. The van der Waals surface area contributed by atoms with Gasteiger partial charge in [0.15, 0.2) is 0 Å². The van der Waals surface area contributed by atoms with Crippen LogP contribution in [0.4, 0.5) is 0 Å². The second-order valence-electron chi connectivity index (χ2n) is 4.51. The molecule has 15 heavy (non-hydrogen) atoms. The zero-order valence-electron chi connectivity index (χ0n) is 10.2. The Hall–Kier alpha value is -0.820. The Bertz CT molecular complexity index is 293. The summed E-state index contributed by atoms with van der Waals surface area (Å²) in [5.74, 6) is 1.34. The summed E-state index contributed by atoms with van der Waals surface area (Å²) in [6.07, 6.45) is 2.34. The Kier molecular flexibility index (Phi) is 4.83. The maximum Gasteiger partial charge on any atom is -0.00431 e. The number of rotatable bonds is 5. The van der Waals surface area contributed by atoms with E-state index in [0.717, 1.165) is 18.9 Å². The fourth-order valence-electron chi connectivity index (χ4n) is 1.97. The van der Waals surface area contributed by atoms with Crippen LogP contribution in [-0.2, 0) is 6.42 Å².